The molecule has 0 aromatic heterocycles. The molecule has 0 bridgehead atoms. The molecule has 21 heavy (non-hydrogen) atoms. The topological polar surface area (TPSA) is 125 Å². The lowest BCUT2D eigenvalue weighted by molar-refractivity contribution is -0.384. The predicted molar refractivity (Wildman–Crippen MR) is 77.6 cm³/mol. The van der Waals surface area contributed by atoms with Crippen LogP contribution in [0, 0.1) is 16.0 Å². The van der Waals surface area contributed by atoms with Gasteiger partial charge >= 0.3 is 0 Å². The fourth-order valence-corrected chi connectivity index (χ4v) is 2.52. The molecule has 2 atom stereocenters. The number of benzene rings is 1. The summed E-state index contributed by atoms with van der Waals surface area (Å²) in [5.74, 6) is -0.0958. The minimum atomic E-state index is -0.527. The van der Waals surface area contributed by atoms with E-state index in [1.54, 1.807) is 6.07 Å². The van der Waals surface area contributed by atoms with E-state index >= 15 is 0 Å². The highest BCUT2D eigenvalue weighted by atomic mass is 16.6. The Morgan fingerprint density at radius 2 is 2.29 bits per heavy atom. The van der Waals surface area contributed by atoms with Crippen molar-refractivity contribution >= 4 is 17.2 Å². The number of nitrogens with zero attached hydrogens (tertiary/aromatic N) is 3. The smallest absolute Gasteiger partial charge is 0.270 e. The number of non-ortho nitro benzene ring substituents is 1. The molecule has 0 saturated carbocycles. The standard InChI is InChI=1S/C13H18N4O4/c1-8-7-16(5-4-12(8)18)11-3-2-9(17(20)21)6-10(11)13(14)15-19/h2-3,6,8,12,18-19H,4-5,7H2,1H3,(H2,14,15). The molecule has 0 radical (unpaired) electrons. The first kappa shape index (κ1) is 15.0. The maximum atomic E-state index is 10.9. The highest BCUT2D eigenvalue weighted by Gasteiger charge is 2.27. The van der Waals surface area contributed by atoms with Crippen molar-refractivity contribution in [2.24, 2.45) is 16.8 Å². The van der Waals surface area contributed by atoms with Gasteiger partial charge in [0.15, 0.2) is 5.84 Å². The van der Waals surface area contributed by atoms with E-state index in [4.69, 9.17) is 10.9 Å². The van der Waals surface area contributed by atoms with Crippen molar-refractivity contribution in [3.05, 3.63) is 33.9 Å². The molecule has 2 rings (SSSR count). The highest BCUT2D eigenvalue weighted by Crippen LogP contribution is 2.29. The number of rotatable bonds is 3. The molecule has 1 aromatic carbocycles. The first-order chi connectivity index (χ1) is 9.93. The number of hydrogen-bond donors (Lipinski definition) is 3. The average Bonchev–Trinajstić information content (AvgIpc) is 2.48. The van der Waals surface area contributed by atoms with E-state index in [-0.39, 0.29) is 23.5 Å². The van der Waals surface area contributed by atoms with E-state index in [9.17, 15) is 15.2 Å². The quantitative estimate of drug-likeness (QED) is 0.250. The summed E-state index contributed by atoms with van der Waals surface area (Å²) in [6.45, 7) is 3.14. The summed E-state index contributed by atoms with van der Waals surface area (Å²) >= 11 is 0. The summed E-state index contributed by atoms with van der Waals surface area (Å²) < 4.78 is 0. The van der Waals surface area contributed by atoms with E-state index in [0.717, 1.165) is 0 Å². The van der Waals surface area contributed by atoms with Gasteiger partial charge in [0.2, 0.25) is 0 Å². The van der Waals surface area contributed by atoms with Crippen LogP contribution in [0.2, 0.25) is 0 Å². The number of nitrogens with two attached hydrogens (primary N) is 1. The average molecular weight is 294 g/mol. The van der Waals surface area contributed by atoms with Crippen LogP contribution < -0.4 is 10.6 Å². The predicted octanol–water partition coefficient (Wildman–Crippen LogP) is 0.896. The number of oxime groups is 1. The normalized spacial score (nSPS) is 23.1. The second-order valence-electron chi connectivity index (χ2n) is 5.22. The Balaban J connectivity index is 2.41. The molecule has 0 spiro atoms. The SMILES string of the molecule is CC1CN(c2ccc([N+](=O)[O-])cc2/C(N)=N/O)CCC1O. The van der Waals surface area contributed by atoms with Crippen molar-refractivity contribution in [3.8, 4) is 0 Å². The number of aliphatic hydroxyl groups excluding tert-OH is 1. The van der Waals surface area contributed by atoms with Crippen molar-refractivity contribution in [1.29, 1.82) is 0 Å². The molecule has 1 aromatic rings. The molecule has 4 N–H and O–H groups in total. The Bertz CT molecular complexity index is 575. The second-order valence-corrected chi connectivity index (χ2v) is 5.22. The molecule has 1 aliphatic rings. The first-order valence-electron chi connectivity index (χ1n) is 6.63. The summed E-state index contributed by atoms with van der Waals surface area (Å²) in [4.78, 5) is 12.3. The van der Waals surface area contributed by atoms with Crippen LogP contribution >= 0.6 is 0 Å². The van der Waals surface area contributed by atoms with Gasteiger partial charge in [-0.15, -0.1) is 0 Å². The molecule has 1 heterocycles. The first-order valence-corrected chi connectivity index (χ1v) is 6.63. The van der Waals surface area contributed by atoms with E-state index in [1.165, 1.54) is 12.1 Å². The molecule has 2 unspecified atom stereocenters. The van der Waals surface area contributed by atoms with Gasteiger partial charge in [-0.2, -0.15) is 0 Å². The number of nitro benzene ring substituents is 1. The van der Waals surface area contributed by atoms with Crippen molar-refractivity contribution in [1.82, 2.24) is 0 Å². The van der Waals surface area contributed by atoms with Gasteiger partial charge in [0.25, 0.3) is 5.69 Å². The Hall–Kier alpha value is -2.35. The van der Waals surface area contributed by atoms with Gasteiger partial charge in [-0.05, 0) is 18.4 Å². The third-order valence-electron chi connectivity index (χ3n) is 3.78. The van der Waals surface area contributed by atoms with Gasteiger partial charge < -0.3 is 20.9 Å². The van der Waals surface area contributed by atoms with Gasteiger partial charge in [0.05, 0.1) is 16.6 Å². The lowest BCUT2D eigenvalue weighted by Crippen LogP contribution is -2.42. The highest BCUT2D eigenvalue weighted by molar-refractivity contribution is 6.02. The lowest BCUT2D eigenvalue weighted by atomic mass is 9.95. The number of anilines is 1. The lowest BCUT2D eigenvalue weighted by Gasteiger charge is -2.36. The molecule has 8 nitrogen and oxygen atoms in total. The zero-order valence-electron chi connectivity index (χ0n) is 11.6. The molecule has 1 aliphatic heterocycles. The van der Waals surface area contributed by atoms with Crippen LogP contribution in [0.25, 0.3) is 0 Å². The molecule has 0 aliphatic carbocycles. The summed E-state index contributed by atoms with van der Waals surface area (Å²) in [5, 5.41) is 32.5. The van der Waals surface area contributed by atoms with Crippen LogP contribution in [0.3, 0.4) is 0 Å². The van der Waals surface area contributed by atoms with Gasteiger partial charge in [-0.3, -0.25) is 10.1 Å². The number of aliphatic hydroxyl groups is 1. The Morgan fingerprint density at radius 3 is 2.86 bits per heavy atom. The fourth-order valence-electron chi connectivity index (χ4n) is 2.52. The van der Waals surface area contributed by atoms with E-state index in [1.807, 2.05) is 11.8 Å². The van der Waals surface area contributed by atoms with Gasteiger partial charge in [0, 0.05) is 30.9 Å². The third-order valence-corrected chi connectivity index (χ3v) is 3.78. The van der Waals surface area contributed by atoms with Crippen molar-refractivity contribution in [2.75, 3.05) is 18.0 Å². The maximum absolute atomic E-state index is 10.9. The minimum Gasteiger partial charge on any atom is -0.409 e. The molecule has 8 heteroatoms. The zero-order valence-corrected chi connectivity index (χ0v) is 11.6. The number of hydrogen-bond acceptors (Lipinski definition) is 6. The van der Waals surface area contributed by atoms with Crippen LogP contribution in [-0.2, 0) is 0 Å². The van der Waals surface area contributed by atoms with E-state index in [2.05, 4.69) is 5.16 Å². The summed E-state index contributed by atoms with van der Waals surface area (Å²) in [6.07, 6.45) is 0.250. The van der Waals surface area contributed by atoms with Crippen molar-refractivity contribution in [2.45, 2.75) is 19.4 Å². The second kappa shape index (κ2) is 5.96. The van der Waals surface area contributed by atoms with E-state index < -0.39 is 4.92 Å². The summed E-state index contributed by atoms with van der Waals surface area (Å²) in [6, 6.07) is 4.27. The van der Waals surface area contributed by atoms with Crippen LogP contribution in [0.5, 0.6) is 0 Å². The Labute approximate surface area is 121 Å². The minimum absolute atomic E-state index is 0.0779. The zero-order chi connectivity index (χ0) is 15.6. The van der Waals surface area contributed by atoms with Gasteiger partial charge in [-0.25, -0.2) is 0 Å². The third kappa shape index (κ3) is 3.05. The molecule has 0 amide bonds. The number of amidine groups is 1. The molecular weight excluding hydrogens is 276 g/mol. The molecule has 114 valence electrons. The molecular formula is C13H18N4O4. The van der Waals surface area contributed by atoms with Crippen LogP contribution in [-0.4, -0.2) is 40.3 Å². The number of piperidine rings is 1. The van der Waals surface area contributed by atoms with Gasteiger partial charge in [-0.1, -0.05) is 12.1 Å². The Morgan fingerprint density at radius 1 is 1.57 bits per heavy atom. The van der Waals surface area contributed by atoms with Gasteiger partial charge in [0.1, 0.15) is 0 Å². The van der Waals surface area contributed by atoms with Crippen LogP contribution in [0.4, 0.5) is 11.4 Å². The Kier molecular flexibility index (Phi) is 4.27. The van der Waals surface area contributed by atoms with Crippen LogP contribution in [0.1, 0.15) is 18.9 Å². The van der Waals surface area contributed by atoms with Crippen LogP contribution in [0.15, 0.2) is 23.4 Å². The monoisotopic (exact) mass is 294 g/mol. The maximum Gasteiger partial charge on any atom is 0.270 e. The fraction of sp³-hybridized carbons (Fsp3) is 0.462. The van der Waals surface area contributed by atoms with E-state index in [0.29, 0.717) is 30.8 Å². The summed E-state index contributed by atoms with van der Waals surface area (Å²) in [7, 11) is 0. The molecule has 1 fully saturated rings. The van der Waals surface area contributed by atoms with Crippen molar-refractivity contribution < 1.29 is 15.2 Å². The van der Waals surface area contributed by atoms with Crippen molar-refractivity contribution in [3.63, 3.8) is 0 Å². The number of nitro groups is 1. The largest absolute Gasteiger partial charge is 0.409 e. The summed E-state index contributed by atoms with van der Waals surface area (Å²) in [5.41, 5.74) is 6.49. The molecule has 1 saturated heterocycles.